The Morgan fingerprint density at radius 3 is 1.23 bits per heavy atom. The highest BCUT2D eigenvalue weighted by Crippen LogP contribution is 2.21. The minimum absolute atomic E-state index is 0.0153. The minimum atomic E-state index is -4.30. The molecular weight excluding hydrogens is 650 g/mol. The third kappa shape index (κ3) is 32.8. The fourth-order valence-electron chi connectivity index (χ4n) is 2.52. The van der Waals surface area contributed by atoms with E-state index >= 15 is 0 Å². The van der Waals surface area contributed by atoms with Crippen LogP contribution in [0.4, 0.5) is 13.2 Å². The molecule has 0 saturated heterocycles. The van der Waals surface area contributed by atoms with Crippen molar-refractivity contribution in [3.8, 4) is 0 Å². The molecule has 8 nitrogen and oxygen atoms in total. The third-order valence-corrected chi connectivity index (χ3v) is 7.63. The van der Waals surface area contributed by atoms with Gasteiger partial charge in [0.25, 0.3) is 0 Å². The summed E-state index contributed by atoms with van der Waals surface area (Å²) in [4.78, 5) is 46.0. The number of thioether (sulfide) groups is 4. The Bertz CT molecular complexity index is 909. The van der Waals surface area contributed by atoms with E-state index in [0.717, 1.165) is 54.4 Å². The van der Waals surface area contributed by atoms with E-state index in [4.69, 9.17) is 18.9 Å². The van der Waals surface area contributed by atoms with Crippen LogP contribution in [-0.4, -0.2) is 79.5 Å². The molecule has 0 aliphatic rings. The van der Waals surface area contributed by atoms with Crippen LogP contribution in [0.1, 0.15) is 45.4 Å². The van der Waals surface area contributed by atoms with Gasteiger partial charge >= 0.3 is 30.1 Å². The van der Waals surface area contributed by atoms with Gasteiger partial charge in [-0.05, 0) is 51.7 Å². The van der Waals surface area contributed by atoms with E-state index in [2.05, 4.69) is 0 Å². The highest BCUT2D eigenvalue weighted by Gasteiger charge is 2.26. The van der Waals surface area contributed by atoms with Crippen molar-refractivity contribution >= 4 is 70.9 Å². The highest BCUT2D eigenvalue weighted by molar-refractivity contribution is 8.02. The average molecular weight is 689 g/mol. The van der Waals surface area contributed by atoms with Crippen molar-refractivity contribution in [1.82, 2.24) is 0 Å². The molecule has 0 aromatic carbocycles. The number of carbonyl (C=O) groups is 4. The molecule has 0 amide bonds. The third-order valence-electron chi connectivity index (χ3n) is 4.44. The highest BCUT2D eigenvalue weighted by atomic mass is 32.2. The first-order valence-electron chi connectivity index (χ1n) is 13.5. The van der Waals surface area contributed by atoms with Crippen molar-refractivity contribution < 1.29 is 51.3 Å². The summed E-state index contributed by atoms with van der Waals surface area (Å²) < 4.78 is 55.8. The molecule has 244 valence electrons. The van der Waals surface area contributed by atoms with Crippen molar-refractivity contribution in [3.05, 3.63) is 45.9 Å². The van der Waals surface area contributed by atoms with Gasteiger partial charge in [0.15, 0.2) is 0 Å². The monoisotopic (exact) mass is 688 g/mol. The van der Waals surface area contributed by atoms with Gasteiger partial charge in [-0.2, -0.15) is 13.2 Å². The predicted octanol–water partition coefficient (Wildman–Crippen LogP) is 7.07. The lowest BCUT2D eigenvalue weighted by molar-refractivity contribution is -0.142. The molecule has 43 heavy (non-hydrogen) atoms. The Kier molecular flexibility index (Phi) is 27.5. The van der Waals surface area contributed by atoms with Crippen molar-refractivity contribution in [2.45, 2.75) is 51.6 Å². The molecule has 0 aromatic rings. The molecule has 0 aliphatic heterocycles. The number of hydrogen-bond acceptors (Lipinski definition) is 12. The predicted molar refractivity (Wildman–Crippen MR) is 170 cm³/mol. The standard InChI is InChI=1S/C28H39F3O8S4/c1-2-40-19-9-24(32)36-13-7-14-37-25(33)10-20-41-17-5-3-4-6-18-42-21-11-26(34)38-15-8-16-39-27(35)12-22-43-23-28(29,30)31/h9-12,19-22H,2-8,13-18,23H2,1H3/b19-9?,20-10-,21-11-,22-12?. The molecule has 0 rings (SSSR count). The SMILES string of the molecule is CCSC=CC(=O)OCCCOC(=O)/C=C\SCCCCCCS/C=C\C(=O)OCCCOC(=O)C=CSCC(F)(F)F. The Hall–Kier alpha value is -1.97. The van der Waals surface area contributed by atoms with E-state index in [0.29, 0.717) is 18.2 Å². The summed E-state index contributed by atoms with van der Waals surface area (Å²) in [6.07, 6.45) is 5.52. The van der Waals surface area contributed by atoms with Crippen molar-refractivity contribution in [2.75, 3.05) is 49.4 Å². The molecule has 0 atom stereocenters. The van der Waals surface area contributed by atoms with Gasteiger partial charge in [0.2, 0.25) is 0 Å². The van der Waals surface area contributed by atoms with Crippen LogP contribution in [0.15, 0.2) is 45.9 Å². The summed E-state index contributed by atoms with van der Waals surface area (Å²) in [6, 6.07) is 0. The largest absolute Gasteiger partial charge is 0.462 e. The summed E-state index contributed by atoms with van der Waals surface area (Å²) in [5.74, 6) is -0.551. The van der Waals surface area contributed by atoms with E-state index in [-0.39, 0.29) is 32.8 Å². The Morgan fingerprint density at radius 2 is 0.884 bits per heavy atom. The van der Waals surface area contributed by atoms with Gasteiger partial charge < -0.3 is 18.9 Å². The number of alkyl halides is 3. The fourth-order valence-corrected chi connectivity index (χ4v) is 4.84. The van der Waals surface area contributed by atoms with Crippen LogP contribution in [0, 0.1) is 0 Å². The van der Waals surface area contributed by atoms with E-state index in [1.807, 2.05) is 6.92 Å². The second-order valence-electron chi connectivity index (χ2n) is 8.13. The van der Waals surface area contributed by atoms with Gasteiger partial charge in [-0.25, -0.2) is 19.2 Å². The van der Waals surface area contributed by atoms with E-state index in [9.17, 15) is 32.3 Å². The van der Waals surface area contributed by atoms with Crippen molar-refractivity contribution in [2.24, 2.45) is 0 Å². The summed E-state index contributed by atoms with van der Waals surface area (Å²) in [5.41, 5.74) is 0. The second kappa shape index (κ2) is 28.8. The number of unbranched alkanes of at least 4 members (excludes halogenated alkanes) is 3. The molecule has 0 saturated carbocycles. The maximum absolute atomic E-state index is 12.0. The first-order chi connectivity index (χ1) is 20.6. The van der Waals surface area contributed by atoms with Crippen molar-refractivity contribution in [3.63, 3.8) is 0 Å². The lowest BCUT2D eigenvalue weighted by atomic mass is 10.2. The summed E-state index contributed by atoms with van der Waals surface area (Å²) in [5, 5.41) is 6.10. The molecular formula is C28H39F3O8S4. The van der Waals surface area contributed by atoms with Crippen LogP contribution in [0.3, 0.4) is 0 Å². The molecule has 0 spiro atoms. The van der Waals surface area contributed by atoms with Crippen LogP contribution in [0.5, 0.6) is 0 Å². The zero-order chi connectivity index (χ0) is 32.0. The quantitative estimate of drug-likeness (QED) is 0.0424. The fraction of sp³-hybridized carbons (Fsp3) is 0.571. The Morgan fingerprint density at radius 1 is 0.535 bits per heavy atom. The van der Waals surface area contributed by atoms with Gasteiger partial charge in [0, 0.05) is 37.1 Å². The molecule has 0 aromatic heterocycles. The second-order valence-corrected chi connectivity index (χ2v) is 12.2. The number of hydrogen-bond donors (Lipinski definition) is 0. The summed E-state index contributed by atoms with van der Waals surface area (Å²) in [7, 11) is 0. The normalized spacial score (nSPS) is 12.0. The zero-order valence-corrected chi connectivity index (χ0v) is 27.3. The number of ether oxygens (including phenoxy) is 4. The van der Waals surface area contributed by atoms with E-state index in [1.54, 1.807) is 16.2 Å². The smallest absolute Gasteiger partial charge is 0.398 e. The Labute approximate surface area is 268 Å². The lowest BCUT2D eigenvalue weighted by Gasteiger charge is -2.03. The molecule has 0 unspecified atom stereocenters. The average Bonchev–Trinajstić information content (AvgIpc) is 2.95. The van der Waals surface area contributed by atoms with Gasteiger partial charge in [-0.1, -0.05) is 19.8 Å². The van der Waals surface area contributed by atoms with Crippen LogP contribution in [0.2, 0.25) is 0 Å². The summed E-state index contributed by atoms with van der Waals surface area (Å²) in [6.45, 7) is 2.40. The van der Waals surface area contributed by atoms with Gasteiger partial charge in [0.1, 0.15) is 0 Å². The molecule has 15 heteroatoms. The first kappa shape index (κ1) is 41.0. The van der Waals surface area contributed by atoms with Crippen LogP contribution in [-0.2, 0) is 38.1 Å². The maximum atomic E-state index is 12.0. The summed E-state index contributed by atoms with van der Waals surface area (Å²) >= 11 is 5.00. The minimum Gasteiger partial charge on any atom is -0.462 e. The molecule has 0 fully saturated rings. The van der Waals surface area contributed by atoms with E-state index in [1.165, 1.54) is 53.5 Å². The number of rotatable bonds is 25. The maximum Gasteiger partial charge on any atom is 0.398 e. The van der Waals surface area contributed by atoms with Crippen LogP contribution < -0.4 is 0 Å². The van der Waals surface area contributed by atoms with Gasteiger partial charge in [0.05, 0.1) is 32.2 Å². The van der Waals surface area contributed by atoms with Crippen LogP contribution >= 0.6 is 47.0 Å². The number of carbonyl (C=O) groups excluding carboxylic acids is 4. The van der Waals surface area contributed by atoms with Gasteiger partial charge in [-0.3, -0.25) is 0 Å². The zero-order valence-electron chi connectivity index (χ0n) is 24.1. The number of halogens is 3. The van der Waals surface area contributed by atoms with E-state index < -0.39 is 35.8 Å². The molecule has 0 bridgehead atoms. The van der Waals surface area contributed by atoms with Gasteiger partial charge in [-0.15, -0.1) is 47.0 Å². The van der Waals surface area contributed by atoms with Crippen molar-refractivity contribution in [1.29, 1.82) is 0 Å². The lowest BCUT2D eigenvalue weighted by Crippen LogP contribution is -2.10. The Balaban J connectivity index is 3.56. The molecule has 0 aliphatic carbocycles. The first-order valence-corrected chi connectivity index (χ1v) is 17.7. The molecule has 0 heterocycles. The molecule has 0 N–H and O–H groups in total. The molecule has 0 radical (unpaired) electrons. The number of esters is 4. The van der Waals surface area contributed by atoms with Crippen LogP contribution in [0.25, 0.3) is 0 Å². The topological polar surface area (TPSA) is 105 Å².